The van der Waals surface area contributed by atoms with E-state index < -0.39 is 17.0 Å². The molecule has 1 saturated carbocycles. The lowest BCUT2D eigenvalue weighted by Crippen LogP contribution is -2.72. The van der Waals surface area contributed by atoms with E-state index in [1.54, 1.807) is 41.4 Å². The van der Waals surface area contributed by atoms with Crippen LogP contribution in [0.1, 0.15) is 43.5 Å². The maximum absolute atomic E-state index is 14.6. The zero-order chi connectivity index (χ0) is 25.7. The van der Waals surface area contributed by atoms with Gasteiger partial charge in [-0.1, -0.05) is 15.9 Å². The number of carbonyl (C=O) groups is 1. The van der Waals surface area contributed by atoms with E-state index >= 15 is 0 Å². The number of benzene rings is 2. The normalized spacial score (nSPS) is 23.9. The van der Waals surface area contributed by atoms with E-state index in [0.717, 1.165) is 24.6 Å². The standard InChI is InChI=1S/C26H29BrFN5O3/c1-15(30-23-4-3-8-25(23,2)35)26(36)13-33(14-26)24(34)18-10-16-7-9-29-32-21(16)12-22(18)31-20-6-5-17(27)11-19(20)28/h5-7,9-12,15,23,30-31,35-36H,3-4,8,13-14H2,1-2H3/t15-,23?,25?/m0/s1. The molecule has 0 bridgehead atoms. The molecule has 2 unspecified atom stereocenters. The number of aromatic nitrogens is 2. The number of amides is 1. The van der Waals surface area contributed by atoms with E-state index in [4.69, 9.17) is 0 Å². The third-order valence-electron chi connectivity index (χ3n) is 7.48. The van der Waals surface area contributed by atoms with Crippen molar-refractivity contribution in [1.29, 1.82) is 0 Å². The summed E-state index contributed by atoms with van der Waals surface area (Å²) in [5, 5.41) is 36.9. The summed E-state index contributed by atoms with van der Waals surface area (Å²) >= 11 is 3.25. The van der Waals surface area contributed by atoms with Gasteiger partial charge >= 0.3 is 0 Å². The van der Waals surface area contributed by atoms with Gasteiger partial charge in [0.1, 0.15) is 11.4 Å². The number of β-amino-alcohol motifs (C(OH)–C–C–N with tert-alkyl or cyclic N) is 1. The van der Waals surface area contributed by atoms with Crippen molar-refractivity contribution in [2.45, 2.75) is 56.4 Å². The molecule has 0 spiro atoms. The highest BCUT2D eigenvalue weighted by molar-refractivity contribution is 9.10. The quantitative estimate of drug-likeness (QED) is 0.365. The van der Waals surface area contributed by atoms with Crippen LogP contribution in [0, 0.1) is 5.82 Å². The minimum atomic E-state index is -1.11. The summed E-state index contributed by atoms with van der Waals surface area (Å²) in [4.78, 5) is 15.1. The largest absolute Gasteiger partial charge is 0.389 e. The minimum absolute atomic E-state index is 0.0977. The summed E-state index contributed by atoms with van der Waals surface area (Å²) < 4.78 is 15.2. The van der Waals surface area contributed by atoms with Crippen LogP contribution in [0.15, 0.2) is 47.1 Å². The average Bonchev–Trinajstić information content (AvgIpc) is 3.15. The molecule has 0 radical (unpaired) electrons. The van der Waals surface area contributed by atoms with E-state index in [2.05, 4.69) is 36.8 Å². The van der Waals surface area contributed by atoms with E-state index in [1.165, 1.54) is 6.07 Å². The molecule has 1 saturated heterocycles. The van der Waals surface area contributed by atoms with Crippen molar-refractivity contribution < 1.29 is 19.4 Å². The zero-order valence-electron chi connectivity index (χ0n) is 20.1. The van der Waals surface area contributed by atoms with Gasteiger partial charge in [0, 0.05) is 21.9 Å². The maximum atomic E-state index is 14.6. The van der Waals surface area contributed by atoms with Crippen LogP contribution in [0.2, 0.25) is 0 Å². The summed E-state index contributed by atoms with van der Waals surface area (Å²) in [6.45, 7) is 3.99. The molecule has 3 aromatic rings. The van der Waals surface area contributed by atoms with Crippen molar-refractivity contribution in [2.24, 2.45) is 0 Å². The monoisotopic (exact) mass is 557 g/mol. The van der Waals surface area contributed by atoms with Crippen molar-refractivity contribution in [3.63, 3.8) is 0 Å². The summed E-state index contributed by atoms with van der Waals surface area (Å²) in [7, 11) is 0. The Morgan fingerprint density at radius 1 is 1.22 bits per heavy atom. The zero-order valence-corrected chi connectivity index (χ0v) is 21.7. The van der Waals surface area contributed by atoms with Gasteiger partial charge in [-0.25, -0.2) is 4.39 Å². The second-order valence-electron chi connectivity index (χ2n) is 10.2. The molecule has 2 heterocycles. The van der Waals surface area contributed by atoms with Gasteiger partial charge in [-0.2, -0.15) is 10.2 Å². The minimum Gasteiger partial charge on any atom is -0.389 e. The van der Waals surface area contributed by atoms with E-state index in [-0.39, 0.29) is 36.8 Å². The Morgan fingerprint density at radius 3 is 2.69 bits per heavy atom. The van der Waals surface area contributed by atoms with Gasteiger partial charge in [-0.15, -0.1) is 0 Å². The first-order chi connectivity index (χ1) is 17.1. The first-order valence-electron chi connectivity index (χ1n) is 12.0. The number of aliphatic hydroxyl groups is 2. The first kappa shape index (κ1) is 25.0. The number of nitrogens with one attached hydrogen (secondary N) is 2. The molecule has 4 N–H and O–H groups in total. The highest BCUT2D eigenvalue weighted by Crippen LogP contribution is 2.35. The predicted molar refractivity (Wildman–Crippen MR) is 139 cm³/mol. The Labute approximate surface area is 217 Å². The van der Waals surface area contributed by atoms with Gasteiger partial charge in [0.05, 0.1) is 47.3 Å². The van der Waals surface area contributed by atoms with Crippen LogP contribution < -0.4 is 10.6 Å². The summed E-state index contributed by atoms with van der Waals surface area (Å²) in [5.74, 6) is -0.749. The Kier molecular flexibility index (Phi) is 6.48. The van der Waals surface area contributed by atoms with Gasteiger partial charge < -0.3 is 25.7 Å². The van der Waals surface area contributed by atoms with E-state index in [9.17, 15) is 19.4 Å². The molecule has 1 amide bonds. The number of anilines is 2. The lowest BCUT2D eigenvalue weighted by atomic mass is 9.85. The fourth-order valence-electron chi connectivity index (χ4n) is 5.12. The van der Waals surface area contributed by atoms with Crippen molar-refractivity contribution in [3.8, 4) is 0 Å². The molecule has 36 heavy (non-hydrogen) atoms. The van der Waals surface area contributed by atoms with Crippen LogP contribution in [-0.2, 0) is 0 Å². The van der Waals surface area contributed by atoms with Crippen LogP contribution >= 0.6 is 15.9 Å². The van der Waals surface area contributed by atoms with E-state index in [1.807, 2.05) is 13.8 Å². The van der Waals surface area contributed by atoms with Gasteiger partial charge in [0.15, 0.2) is 0 Å². The lowest BCUT2D eigenvalue weighted by molar-refractivity contribution is -0.106. The molecule has 8 nitrogen and oxygen atoms in total. The summed E-state index contributed by atoms with van der Waals surface area (Å²) in [6.07, 6.45) is 4.05. The number of rotatable bonds is 6. The first-order valence-corrected chi connectivity index (χ1v) is 12.8. The number of hydrogen-bond donors (Lipinski definition) is 4. The smallest absolute Gasteiger partial charge is 0.256 e. The number of carbonyl (C=O) groups excluding carboxylic acids is 1. The molecule has 1 aromatic heterocycles. The van der Waals surface area contributed by atoms with Crippen LogP contribution in [0.5, 0.6) is 0 Å². The van der Waals surface area contributed by atoms with Gasteiger partial charge in [0.2, 0.25) is 0 Å². The van der Waals surface area contributed by atoms with Gasteiger partial charge in [-0.05, 0) is 69.5 Å². The average molecular weight is 558 g/mol. The second kappa shape index (κ2) is 9.33. The molecule has 3 atom stereocenters. The number of likely N-dealkylation sites (tertiary alicyclic amines) is 1. The molecule has 1 aliphatic heterocycles. The highest BCUT2D eigenvalue weighted by atomic mass is 79.9. The molecule has 1 aliphatic carbocycles. The molecular weight excluding hydrogens is 529 g/mol. The third-order valence-corrected chi connectivity index (χ3v) is 7.98. The van der Waals surface area contributed by atoms with Crippen LogP contribution in [0.3, 0.4) is 0 Å². The highest BCUT2D eigenvalue weighted by Gasteiger charge is 2.50. The van der Waals surface area contributed by atoms with Gasteiger partial charge in [0.25, 0.3) is 5.91 Å². The molecule has 2 fully saturated rings. The maximum Gasteiger partial charge on any atom is 0.256 e. The molecule has 5 rings (SSSR count). The molecule has 190 valence electrons. The fraction of sp³-hybridized carbons (Fsp3) is 0.423. The Balaban J connectivity index is 1.37. The van der Waals surface area contributed by atoms with Crippen molar-refractivity contribution in [2.75, 3.05) is 18.4 Å². The SMILES string of the molecule is C[C@H](NC1CCCC1(C)O)C1(O)CN(C(=O)c2cc3ccnnc3cc2Nc2ccc(Br)cc2F)C1. The molecular formula is C26H29BrFN5O3. The Morgan fingerprint density at radius 2 is 2.00 bits per heavy atom. The lowest BCUT2D eigenvalue weighted by Gasteiger charge is -2.51. The number of nitrogens with zero attached hydrogens (tertiary/aromatic N) is 3. The summed E-state index contributed by atoms with van der Waals surface area (Å²) in [6, 6.07) is 9.37. The molecule has 10 heteroatoms. The number of fused-ring (bicyclic) bond motifs is 1. The Hall–Kier alpha value is -2.66. The number of hydrogen-bond acceptors (Lipinski definition) is 7. The van der Waals surface area contributed by atoms with Crippen molar-refractivity contribution in [1.82, 2.24) is 20.4 Å². The van der Waals surface area contributed by atoms with Crippen molar-refractivity contribution >= 4 is 44.1 Å². The van der Waals surface area contributed by atoms with Crippen LogP contribution in [0.25, 0.3) is 10.9 Å². The summed E-state index contributed by atoms with van der Waals surface area (Å²) in [5.41, 5.74) is -0.382. The predicted octanol–water partition coefficient (Wildman–Crippen LogP) is 3.74. The fourth-order valence-corrected chi connectivity index (χ4v) is 5.46. The molecule has 2 aliphatic rings. The Bertz CT molecular complexity index is 1310. The van der Waals surface area contributed by atoms with Crippen LogP contribution in [0.4, 0.5) is 15.8 Å². The van der Waals surface area contributed by atoms with Gasteiger partial charge in [-0.3, -0.25) is 4.79 Å². The van der Waals surface area contributed by atoms with E-state index in [0.29, 0.717) is 21.2 Å². The van der Waals surface area contributed by atoms with Crippen molar-refractivity contribution in [3.05, 3.63) is 58.4 Å². The number of halogens is 2. The third kappa shape index (κ3) is 4.70. The topological polar surface area (TPSA) is 111 Å². The second-order valence-corrected chi connectivity index (χ2v) is 11.1. The molecule has 2 aromatic carbocycles. The van der Waals surface area contributed by atoms with Crippen LogP contribution in [-0.4, -0.2) is 67.6 Å².